The molecule has 1 N–H and O–H groups in total. The normalized spacial score (nSPS) is 34.3. The Kier molecular flexibility index (Phi) is 4.16. The third-order valence-electron chi connectivity index (χ3n) is 6.36. The fourth-order valence-corrected chi connectivity index (χ4v) is 4.84. The summed E-state index contributed by atoms with van der Waals surface area (Å²) in [6.45, 7) is 7.45. The Balaban J connectivity index is 1.84. The highest BCUT2D eigenvalue weighted by atomic mass is 16.5. The molecule has 1 aromatic rings. The average Bonchev–Trinajstić information content (AvgIpc) is 2.87. The lowest BCUT2D eigenvalue weighted by Crippen LogP contribution is -2.47. The van der Waals surface area contributed by atoms with Crippen LogP contribution in [-0.4, -0.2) is 49.0 Å². The molecule has 1 aromatic carbocycles. The van der Waals surface area contributed by atoms with E-state index in [0.717, 1.165) is 42.0 Å². The number of hydrogen-bond acceptors (Lipinski definition) is 3. The second-order valence-corrected chi connectivity index (χ2v) is 8.66. The molecule has 4 nitrogen and oxygen atoms in total. The Hall–Kier alpha value is -1.78. The van der Waals surface area contributed by atoms with Gasteiger partial charge >= 0.3 is 0 Å². The SMILES string of the molecule is COc1ccc2c3c1OC1CC(O)C=CC31CC[N+](C)(CC=C(C)C)C2. The maximum absolute atomic E-state index is 10.2. The zero-order valence-corrected chi connectivity index (χ0v) is 16.3. The van der Waals surface area contributed by atoms with Crippen LogP contribution >= 0.6 is 0 Å². The van der Waals surface area contributed by atoms with Crippen molar-refractivity contribution in [3.8, 4) is 11.5 Å². The van der Waals surface area contributed by atoms with Crippen LogP contribution in [0.3, 0.4) is 0 Å². The third kappa shape index (κ3) is 2.67. The maximum Gasteiger partial charge on any atom is 0.166 e. The number of quaternary nitrogens is 1. The molecule has 0 aromatic heterocycles. The van der Waals surface area contributed by atoms with Gasteiger partial charge in [0.05, 0.1) is 38.8 Å². The minimum Gasteiger partial charge on any atom is -0.493 e. The van der Waals surface area contributed by atoms with Crippen LogP contribution in [0, 0.1) is 0 Å². The Morgan fingerprint density at radius 2 is 2.23 bits per heavy atom. The molecule has 4 rings (SSSR count). The van der Waals surface area contributed by atoms with Gasteiger partial charge in [-0.05, 0) is 32.1 Å². The van der Waals surface area contributed by atoms with Gasteiger partial charge in [-0.3, -0.25) is 0 Å². The van der Waals surface area contributed by atoms with Gasteiger partial charge in [0, 0.05) is 24.0 Å². The third-order valence-corrected chi connectivity index (χ3v) is 6.36. The summed E-state index contributed by atoms with van der Waals surface area (Å²) in [4.78, 5) is 0. The van der Waals surface area contributed by atoms with Gasteiger partial charge < -0.3 is 19.1 Å². The summed E-state index contributed by atoms with van der Waals surface area (Å²) >= 11 is 0. The van der Waals surface area contributed by atoms with Crippen LogP contribution < -0.4 is 9.47 Å². The van der Waals surface area contributed by atoms with E-state index in [1.54, 1.807) is 7.11 Å². The first-order chi connectivity index (χ1) is 12.4. The summed E-state index contributed by atoms with van der Waals surface area (Å²) in [6.07, 6.45) is 7.77. The lowest BCUT2D eigenvalue weighted by atomic mass is 9.69. The molecular weight excluding hydrogens is 326 g/mol. The molecule has 0 saturated heterocycles. The summed E-state index contributed by atoms with van der Waals surface area (Å²) in [6, 6.07) is 4.25. The number of benzene rings is 1. The quantitative estimate of drug-likeness (QED) is 0.667. The van der Waals surface area contributed by atoms with Crippen molar-refractivity contribution in [3.63, 3.8) is 0 Å². The molecule has 140 valence electrons. The highest BCUT2D eigenvalue weighted by Crippen LogP contribution is 2.56. The zero-order valence-electron chi connectivity index (χ0n) is 16.3. The van der Waals surface area contributed by atoms with Crippen molar-refractivity contribution in [1.29, 1.82) is 0 Å². The van der Waals surface area contributed by atoms with Crippen LogP contribution in [0.4, 0.5) is 0 Å². The number of likely N-dealkylation sites (N-methyl/N-ethyl adjacent to an activating group) is 1. The molecule has 1 aliphatic carbocycles. The first-order valence-electron chi connectivity index (χ1n) is 9.58. The predicted octanol–water partition coefficient (Wildman–Crippen LogP) is 3.33. The number of aliphatic hydroxyl groups excluding tert-OH is 1. The number of ether oxygens (including phenoxy) is 2. The van der Waals surface area contributed by atoms with E-state index >= 15 is 0 Å². The molecule has 4 atom stereocenters. The zero-order chi connectivity index (χ0) is 18.5. The number of aliphatic hydroxyl groups is 1. The summed E-state index contributed by atoms with van der Waals surface area (Å²) in [5.74, 6) is 1.70. The van der Waals surface area contributed by atoms with Crippen molar-refractivity contribution >= 4 is 0 Å². The Morgan fingerprint density at radius 3 is 2.96 bits per heavy atom. The fourth-order valence-electron chi connectivity index (χ4n) is 4.84. The molecule has 0 radical (unpaired) electrons. The molecule has 0 amide bonds. The van der Waals surface area contributed by atoms with Gasteiger partial charge in [0.25, 0.3) is 0 Å². The van der Waals surface area contributed by atoms with Crippen LogP contribution in [0.5, 0.6) is 11.5 Å². The minimum absolute atomic E-state index is 0.0115. The number of nitrogens with zero attached hydrogens (tertiary/aromatic N) is 1. The molecule has 4 heteroatoms. The fraction of sp³-hybridized carbons (Fsp3) is 0.545. The predicted molar refractivity (Wildman–Crippen MR) is 103 cm³/mol. The monoisotopic (exact) mass is 356 g/mol. The molecule has 0 saturated carbocycles. The number of allylic oxidation sites excluding steroid dienone is 1. The van der Waals surface area contributed by atoms with E-state index < -0.39 is 6.10 Å². The van der Waals surface area contributed by atoms with Crippen LogP contribution in [-0.2, 0) is 12.0 Å². The van der Waals surface area contributed by atoms with Crippen molar-refractivity contribution in [2.75, 3.05) is 27.2 Å². The Morgan fingerprint density at radius 1 is 1.42 bits per heavy atom. The van der Waals surface area contributed by atoms with Crippen LogP contribution in [0.2, 0.25) is 0 Å². The van der Waals surface area contributed by atoms with E-state index in [0.29, 0.717) is 6.42 Å². The van der Waals surface area contributed by atoms with Crippen LogP contribution in [0.1, 0.15) is 37.8 Å². The second-order valence-electron chi connectivity index (χ2n) is 8.66. The molecule has 4 unspecified atom stereocenters. The van der Waals surface area contributed by atoms with Gasteiger partial charge in [0.1, 0.15) is 12.6 Å². The van der Waals surface area contributed by atoms with Gasteiger partial charge in [0.15, 0.2) is 11.5 Å². The van der Waals surface area contributed by atoms with E-state index in [4.69, 9.17) is 9.47 Å². The van der Waals surface area contributed by atoms with Crippen molar-refractivity contribution in [3.05, 3.63) is 47.1 Å². The second kappa shape index (κ2) is 6.14. The Labute approximate surface area is 156 Å². The van der Waals surface area contributed by atoms with E-state index in [2.05, 4.69) is 39.1 Å². The van der Waals surface area contributed by atoms with E-state index in [1.807, 2.05) is 12.1 Å². The maximum atomic E-state index is 10.2. The average molecular weight is 356 g/mol. The molecule has 0 fully saturated rings. The Bertz CT molecular complexity index is 780. The van der Waals surface area contributed by atoms with Gasteiger partial charge in [-0.1, -0.05) is 17.7 Å². The lowest BCUT2D eigenvalue weighted by molar-refractivity contribution is -0.917. The first kappa shape index (κ1) is 17.6. The van der Waals surface area contributed by atoms with Crippen LogP contribution in [0.15, 0.2) is 35.9 Å². The standard InChI is InChI=1S/C22H30NO3/c1-15(2)8-11-23(3)12-10-22-9-7-17(24)13-19(22)26-21-18(25-4)6-5-16(14-23)20(21)22/h5-9,17,19,24H,10-14H2,1-4H3/q+1. The van der Waals surface area contributed by atoms with Crippen LogP contribution in [0.25, 0.3) is 0 Å². The summed E-state index contributed by atoms with van der Waals surface area (Å²) < 4.78 is 13.0. The van der Waals surface area contributed by atoms with Crippen molar-refractivity contribution < 1.29 is 19.1 Å². The minimum atomic E-state index is -0.427. The molecular formula is C22H30NO3+. The van der Waals surface area contributed by atoms with Gasteiger partial charge in [-0.25, -0.2) is 0 Å². The summed E-state index contributed by atoms with van der Waals surface area (Å²) in [5, 5.41) is 10.2. The van der Waals surface area contributed by atoms with Crippen molar-refractivity contribution in [2.45, 2.75) is 50.9 Å². The number of methoxy groups -OCH3 is 1. The highest BCUT2D eigenvalue weighted by Gasteiger charge is 2.54. The first-order valence-corrected chi connectivity index (χ1v) is 9.58. The van der Waals surface area contributed by atoms with Crippen molar-refractivity contribution in [1.82, 2.24) is 0 Å². The van der Waals surface area contributed by atoms with Gasteiger partial charge in [-0.2, -0.15) is 0 Å². The molecule has 26 heavy (non-hydrogen) atoms. The molecule has 0 bridgehead atoms. The smallest absolute Gasteiger partial charge is 0.166 e. The lowest BCUT2D eigenvalue weighted by Gasteiger charge is -2.37. The number of rotatable bonds is 3. The van der Waals surface area contributed by atoms with Crippen molar-refractivity contribution in [2.24, 2.45) is 0 Å². The molecule has 2 aliphatic heterocycles. The molecule has 2 heterocycles. The molecule has 3 aliphatic rings. The van der Waals surface area contributed by atoms with Gasteiger partial charge in [-0.15, -0.1) is 0 Å². The molecule has 1 spiro atoms. The van der Waals surface area contributed by atoms with Gasteiger partial charge in [0.2, 0.25) is 0 Å². The largest absolute Gasteiger partial charge is 0.493 e. The van der Waals surface area contributed by atoms with E-state index in [9.17, 15) is 5.11 Å². The number of hydrogen-bond donors (Lipinski definition) is 1. The van der Waals surface area contributed by atoms with E-state index in [-0.39, 0.29) is 11.5 Å². The van der Waals surface area contributed by atoms with E-state index in [1.165, 1.54) is 16.7 Å². The summed E-state index contributed by atoms with van der Waals surface area (Å²) in [5.41, 5.74) is 3.88. The highest BCUT2D eigenvalue weighted by molar-refractivity contribution is 5.60. The topological polar surface area (TPSA) is 38.7 Å². The summed E-state index contributed by atoms with van der Waals surface area (Å²) in [7, 11) is 4.05.